The molecule has 0 unspecified atom stereocenters. The van der Waals surface area contributed by atoms with Gasteiger partial charge in [-0.05, 0) is 24.3 Å². The van der Waals surface area contributed by atoms with Crippen LogP contribution in [-0.4, -0.2) is 49.9 Å². The third-order valence-electron chi connectivity index (χ3n) is 4.81. The molecule has 28 heavy (non-hydrogen) atoms. The van der Waals surface area contributed by atoms with Crippen LogP contribution in [0, 0.1) is 0 Å². The summed E-state index contributed by atoms with van der Waals surface area (Å²) < 4.78 is 17.9. The topological polar surface area (TPSA) is 77.9 Å². The summed E-state index contributed by atoms with van der Waals surface area (Å²) in [6.07, 6.45) is 0. The van der Waals surface area contributed by atoms with Crippen LogP contribution in [0.15, 0.2) is 36.4 Å². The summed E-state index contributed by atoms with van der Waals surface area (Å²) in [5.74, 6) is 2.62. The third-order valence-corrected chi connectivity index (χ3v) is 4.81. The zero-order chi connectivity index (χ0) is 19.7. The molecule has 3 aromatic rings. The van der Waals surface area contributed by atoms with Gasteiger partial charge in [0.05, 0.1) is 32.4 Å². The summed E-state index contributed by atoms with van der Waals surface area (Å²) >= 11 is 0. The molecule has 1 aliphatic heterocycles. The Morgan fingerprint density at radius 3 is 2.61 bits per heavy atom. The summed E-state index contributed by atoms with van der Waals surface area (Å²) in [5, 5.41) is 2.90. The van der Waals surface area contributed by atoms with E-state index in [0.717, 1.165) is 35.8 Å². The van der Waals surface area contributed by atoms with E-state index in [1.807, 2.05) is 23.1 Å². The van der Waals surface area contributed by atoms with Crippen LogP contribution in [0.3, 0.4) is 0 Å². The zero-order valence-electron chi connectivity index (χ0n) is 16.1. The normalized spacial score (nSPS) is 12.8. The minimum atomic E-state index is -0.120. The van der Waals surface area contributed by atoms with Crippen molar-refractivity contribution >= 4 is 28.6 Å². The second-order valence-electron chi connectivity index (χ2n) is 6.46. The van der Waals surface area contributed by atoms with Crippen molar-refractivity contribution in [3.63, 3.8) is 0 Å². The first kappa shape index (κ1) is 18.0. The zero-order valence-corrected chi connectivity index (χ0v) is 16.1. The molecule has 4 rings (SSSR count). The maximum atomic E-state index is 12.6. The largest absolute Gasteiger partial charge is 0.497 e. The average Bonchev–Trinajstić information content (AvgIpc) is 3.26. The molecule has 0 fully saturated rings. The summed E-state index contributed by atoms with van der Waals surface area (Å²) in [6, 6.07) is 11.1. The van der Waals surface area contributed by atoms with Gasteiger partial charge in [-0.3, -0.25) is 4.79 Å². The highest BCUT2D eigenvalue weighted by Crippen LogP contribution is 2.31. The predicted molar refractivity (Wildman–Crippen MR) is 107 cm³/mol. The number of anilines is 2. The Labute approximate surface area is 162 Å². The van der Waals surface area contributed by atoms with Crippen molar-refractivity contribution in [3.8, 4) is 17.2 Å². The number of aromatic nitrogens is 2. The van der Waals surface area contributed by atoms with Crippen molar-refractivity contribution in [2.24, 2.45) is 0 Å². The van der Waals surface area contributed by atoms with E-state index < -0.39 is 0 Å². The molecular weight excluding hydrogens is 360 g/mol. The maximum absolute atomic E-state index is 12.6. The van der Waals surface area contributed by atoms with Crippen LogP contribution in [-0.2, 0) is 11.3 Å². The number of carbonyl (C=O) groups excluding carboxylic acids is 1. The molecule has 0 saturated heterocycles. The van der Waals surface area contributed by atoms with E-state index in [1.54, 1.807) is 39.5 Å². The van der Waals surface area contributed by atoms with Crippen molar-refractivity contribution in [2.75, 3.05) is 44.6 Å². The van der Waals surface area contributed by atoms with Gasteiger partial charge in [0.2, 0.25) is 11.9 Å². The number of hydrogen-bond donors (Lipinski definition) is 1. The number of hydrogen-bond acceptors (Lipinski definition) is 6. The smallest absolute Gasteiger partial charge is 0.244 e. The van der Waals surface area contributed by atoms with Gasteiger partial charge >= 0.3 is 0 Å². The molecule has 0 aliphatic carbocycles. The molecule has 2 heterocycles. The monoisotopic (exact) mass is 382 g/mol. The fourth-order valence-corrected chi connectivity index (χ4v) is 3.44. The number of imidazole rings is 1. The summed E-state index contributed by atoms with van der Waals surface area (Å²) in [5.41, 5.74) is 2.55. The lowest BCUT2D eigenvalue weighted by atomic mass is 10.2. The predicted octanol–water partition coefficient (Wildman–Crippen LogP) is 2.52. The SMILES string of the molecule is COc1ccc2c(c1)nc1n2CCN1CC(=O)Nc1ccc(OC)c(OC)c1. The number of methoxy groups -OCH3 is 3. The molecule has 0 atom stereocenters. The quantitative estimate of drug-likeness (QED) is 0.706. The van der Waals surface area contributed by atoms with E-state index in [2.05, 4.69) is 14.9 Å². The molecule has 1 aromatic heterocycles. The van der Waals surface area contributed by atoms with Crippen LogP contribution in [0.25, 0.3) is 11.0 Å². The van der Waals surface area contributed by atoms with Crippen molar-refractivity contribution in [1.82, 2.24) is 9.55 Å². The Kier molecular flexibility index (Phi) is 4.68. The molecule has 146 valence electrons. The fourth-order valence-electron chi connectivity index (χ4n) is 3.44. The highest BCUT2D eigenvalue weighted by Gasteiger charge is 2.25. The Bertz CT molecular complexity index is 1030. The number of rotatable bonds is 6. The minimum absolute atomic E-state index is 0.120. The van der Waals surface area contributed by atoms with Gasteiger partial charge in [0, 0.05) is 30.9 Å². The van der Waals surface area contributed by atoms with Crippen molar-refractivity contribution in [2.45, 2.75) is 6.54 Å². The number of ether oxygens (including phenoxy) is 3. The van der Waals surface area contributed by atoms with Gasteiger partial charge in [0.25, 0.3) is 0 Å². The highest BCUT2D eigenvalue weighted by molar-refractivity contribution is 5.94. The molecule has 0 bridgehead atoms. The van der Waals surface area contributed by atoms with Crippen LogP contribution in [0.4, 0.5) is 11.6 Å². The number of nitrogens with zero attached hydrogens (tertiary/aromatic N) is 3. The van der Waals surface area contributed by atoms with E-state index in [1.165, 1.54) is 0 Å². The van der Waals surface area contributed by atoms with Gasteiger partial charge in [0.1, 0.15) is 12.3 Å². The Hall–Kier alpha value is -3.42. The molecule has 1 aliphatic rings. The number of benzene rings is 2. The Balaban J connectivity index is 1.49. The van der Waals surface area contributed by atoms with Crippen molar-refractivity contribution in [1.29, 1.82) is 0 Å². The second kappa shape index (κ2) is 7.30. The van der Waals surface area contributed by atoms with Gasteiger partial charge in [-0.15, -0.1) is 0 Å². The van der Waals surface area contributed by atoms with Crippen LogP contribution in [0.5, 0.6) is 17.2 Å². The highest BCUT2D eigenvalue weighted by atomic mass is 16.5. The lowest BCUT2D eigenvalue weighted by molar-refractivity contribution is -0.115. The second-order valence-corrected chi connectivity index (χ2v) is 6.46. The summed E-state index contributed by atoms with van der Waals surface area (Å²) in [7, 11) is 4.77. The van der Waals surface area contributed by atoms with Gasteiger partial charge in [-0.2, -0.15) is 0 Å². The lowest BCUT2D eigenvalue weighted by Crippen LogP contribution is -2.32. The Morgan fingerprint density at radius 1 is 1.04 bits per heavy atom. The fraction of sp³-hybridized carbons (Fsp3) is 0.300. The number of nitrogens with one attached hydrogen (secondary N) is 1. The van der Waals surface area contributed by atoms with Gasteiger partial charge in [-0.1, -0.05) is 0 Å². The van der Waals surface area contributed by atoms with Crippen LogP contribution >= 0.6 is 0 Å². The van der Waals surface area contributed by atoms with Crippen LogP contribution in [0.1, 0.15) is 0 Å². The first-order valence-electron chi connectivity index (χ1n) is 8.94. The van der Waals surface area contributed by atoms with Gasteiger partial charge in [0.15, 0.2) is 11.5 Å². The lowest BCUT2D eigenvalue weighted by Gasteiger charge is -2.16. The Morgan fingerprint density at radius 2 is 1.86 bits per heavy atom. The first-order chi connectivity index (χ1) is 13.6. The minimum Gasteiger partial charge on any atom is -0.497 e. The average molecular weight is 382 g/mol. The molecule has 0 spiro atoms. The molecule has 2 aromatic carbocycles. The van der Waals surface area contributed by atoms with Crippen LogP contribution < -0.4 is 24.4 Å². The number of carbonyl (C=O) groups is 1. The van der Waals surface area contributed by atoms with E-state index in [4.69, 9.17) is 14.2 Å². The van der Waals surface area contributed by atoms with Crippen molar-refractivity contribution < 1.29 is 19.0 Å². The summed E-state index contributed by atoms with van der Waals surface area (Å²) in [4.78, 5) is 19.2. The first-order valence-corrected chi connectivity index (χ1v) is 8.94. The van der Waals surface area contributed by atoms with Gasteiger partial charge in [-0.25, -0.2) is 4.98 Å². The third kappa shape index (κ3) is 3.17. The van der Waals surface area contributed by atoms with Crippen LogP contribution in [0.2, 0.25) is 0 Å². The van der Waals surface area contributed by atoms with E-state index >= 15 is 0 Å². The maximum Gasteiger partial charge on any atom is 0.244 e. The molecule has 8 nitrogen and oxygen atoms in total. The number of amides is 1. The summed E-state index contributed by atoms with van der Waals surface area (Å²) in [6.45, 7) is 1.75. The molecule has 1 N–H and O–H groups in total. The van der Waals surface area contributed by atoms with E-state index in [9.17, 15) is 4.79 Å². The van der Waals surface area contributed by atoms with Gasteiger partial charge < -0.3 is 29.0 Å². The standard InChI is InChI=1S/C20H22N4O4/c1-26-14-5-6-16-15(11-14)22-20-23(8-9-24(16)20)12-19(25)21-13-4-7-17(27-2)18(10-13)28-3/h4-7,10-11H,8-9,12H2,1-3H3,(H,21,25). The van der Waals surface area contributed by atoms with E-state index in [0.29, 0.717) is 17.2 Å². The molecule has 8 heteroatoms. The molecule has 0 radical (unpaired) electrons. The molecule has 0 saturated carbocycles. The number of fused-ring (bicyclic) bond motifs is 3. The molecular formula is C20H22N4O4. The molecule has 1 amide bonds. The van der Waals surface area contributed by atoms with E-state index in [-0.39, 0.29) is 12.5 Å². The van der Waals surface area contributed by atoms with Crippen molar-refractivity contribution in [3.05, 3.63) is 36.4 Å².